The fourth-order valence-electron chi connectivity index (χ4n) is 6.56. The van der Waals surface area contributed by atoms with Crippen LogP contribution >= 0.6 is 0 Å². The fourth-order valence-corrected chi connectivity index (χ4v) is 7.49. The van der Waals surface area contributed by atoms with Gasteiger partial charge in [0.2, 0.25) is 5.91 Å². The summed E-state index contributed by atoms with van der Waals surface area (Å²) in [6.07, 6.45) is 5.51. The lowest BCUT2D eigenvalue weighted by Gasteiger charge is -2.36. The minimum absolute atomic E-state index is 0.00145. The van der Waals surface area contributed by atoms with Gasteiger partial charge in [0.25, 0.3) is 0 Å². The van der Waals surface area contributed by atoms with Crippen LogP contribution in [0.4, 0.5) is 4.39 Å². The second-order valence-electron chi connectivity index (χ2n) is 12.0. The molecule has 4 rings (SSSR count). The number of nitrogens with zero attached hydrogens (tertiary/aromatic N) is 1. The topological polar surface area (TPSA) is 104 Å². The van der Waals surface area contributed by atoms with Crippen molar-refractivity contribution in [1.29, 1.82) is 0 Å². The molecule has 2 fully saturated rings. The first-order valence-corrected chi connectivity index (χ1v) is 15.5. The zero-order chi connectivity index (χ0) is 28.5. The summed E-state index contributed by atoms with van der Waals surface area (Å²) in [7, 11) is -3.63. The lowest BCUT2D eigenvalue weighted by Crippen LogP contribution is -2.49. The molecule has 0 radical (unpaired) electrons. The number of rotatable bonds is 7. The van der Waals surface area contributed by atoms with Gasteiger partial charge in [-0.3, -0.25) is 4.79 Å². The molecule has 0 aromatic heterocycles. The number of nitrogens with one attached hydrogen (secondary N) is 1. The Labute approximate surface area is 230 Å². The highest BCUT2D eigenvalue weighted by molar-refractivity contribution is 7.90. The van der Waals surface area contributed by atoms with Gasteiger partial charge in [-0.2, -0.15) is 0 Å². The first kappa shape index (κ1) is 29.2. The molecule has 1 amide bonds. The van der Waals surface area contributed by atoms with Gasteiger partial charge in [0.1, 0.15) is 11.9 Å². The Morgan fingerprint density at radius 3 is 2.26 bits per heavy atom. The molecule has 1 aliphatic heterocycles. The first-order chi connectivity index (χ1) is 18.3. The molecule has 7 nitrogen and oxygen atoms in total. The van der Waals surface area contributed by atoms with Crippen molar-refractivity contribution in [2.75, 3.05) is 6.26 Å². The second-order valence-corrected chi connectivity index (χ2v) is 14.0. The zero-order valence-electron chi connectivity index (χ0n) is 23.1. The van der Waals surface area contributed by atoms with E-state index in [9.17, 15) is 27.5 Å². The van der Waals surface area contributed by atoms with Gasteiger partial charge < -0.3 is 15.3 Å². The standard InChI is InChI=1S/C30H39FN2O5S/c1-30(2,3)24-25(32-18-21-17-22(31)15-16-23(21)39(4,37)38)26(19-11-7-5-8-12-19)33(27(24)29(35)36)28(34)20-13-9-6-10-14-20/h5,7-8,11-12,15-17,20,24-27,32H,6,9-10,13-14,18H2,1-4H3,(H,35,36)/t24-,25-,26-,27-/m1/s1. The smallest absolute Gasteiger partial charge is 0.326 e. The SMILES string of the molecule is CC(C)(C)[C@@H]1[C@@H](NCc2cc(F)ccc2S(C)(=O)=O)[C@@H](c2ccccc2)N(C(=O)C2CCCCC2)[C@H]1C(=O)O. The quantitative estimate of drug-likeness (QED) is 0.466. The molecule has 2 N–H and O–H groups in total. The van der Waals surface area contributed by atoms with E-state index in [1.165, 1.54) is 12.1 Å². The van der Waals surface area contributed by atoms with Crippen molar-refractivity contribution in [3.63, 3.8) is 0 Å². The predicted molar refractivity (Wildman–Crippen MR) is 147 cm³/mol. The average Bonchev–Trinajstić information content (AvgIpc) is 3.23. The number of benzene rings is 2. The van der Waals surface area contributed by atoms with E-state index in [1.54, 1.807) is 4.90 Å². The van der Waals surface area contributed by atoms with Gasteiger partial charge in [0.05, 0.1) is 10.9 Å². The molecule has 1 heterocycles. The summed E-state index contributed by atoms with van der Waals surface area (Å²) in [4.78, 5) is 28.7. The number of carbonyl (C=O) groups is 2. The molecule has 2 aromatic rings. The molecule has 2 aromatic carbocycles. The van der Waals surface area contributed by atoms with Crippen molar-refractivity contribution >= 4 is 21.7 Å². The molecule has 4 atom stereocenters. The normalized spacial score (nSPS) is 24.6. The van der Waals surface area contributed by atoms with Crippen LogP contribution in [0.2, 0.25) is 0 Å². The van der Waals surface area contributed by atoms with Crippen molar-refractivity contribution < 1.29 is 27.5 Å². The summed E-state index contributed by atoms with van der Waals surface area (Å²) in [6.45, 7) is 5.88. The molecular formula is C30H39FN2O5S. The molecule has 2 aliphatic rings. The number of sulfone groups is 1. The lowest BCUT2D eigenvalue weighted by atomic mass is 9.72. The van der Waals surface area contributed by atoms with Crippen molar-refractivity contribution in [2.24, 2.45) is 17.3 Å². The molecular weight excluding hydrogens is 519 g/mol. The number of carbonyl (C=O) groups excluding carboxylic acids is 1. The van der Waals surface area contributed by atoms with E-state index in [0.717, 1.165) is 50.0 Å². The maximum Gasteiger partial charge on any atom is 0.326 e. The van der Waals surface area contributed by atoms with Crippen LogP contribution in [-0.4, -0.2) is 48.6 Å². The number of likely N-dealkylation sites (tertiary alicyclic amines) is 1. The van der Waals surface area contributed by atoms with Gasteiger partial charge in [-0.15, -0.1) is 0 Å². The lowest BCUT2D eigenvalue weighted by molar-refractivity contribution is -0.154. The van der Waals surface area contributed by atoms with Crippen molar-refractivity contribution in [3.8, 4) is 0 Å². The molecule has 0 bridgehead atoms. The molecule has 0 unspecified atom stereocenters. The van der Waals surface area contributed by atoms with Gasteiger partial charge >= 0.3 is 5.97 Å². The van der Waals surface area contributed by atoms with Gasteiger partial charge in [-0.05, 0) is 47.6 Å². The van der Waals surface area contributed by atoms with Crippen LogP contribution in [-0.2, 0) is 26.0 Å². The Kier molecular flexibility index (Phi) is 8.52. The highest BCUT2D eigenvalue weighted by atomic mass is 32.2. The van der Waals surface area contributed by atoms with E-state index in [0.29, 0.717) is 0 Å². The minimum atomic E-state index is -3.63. The zero-order valence-corrected chi connectivity index (χ0v) is 23.9. The molecule has 1 aliphatic carbocycles. The van der Waals surface area contributed by atoms with Crippen molar-refractivity contribution in [2.45, 2.75) is 82.4 Å². The Morgan fingerprint density at radius 1 is 1.05 bits per heavy atom. The summed E-state index contributed by atoms with van der Waals surface area (Å²) >= 11 is 0. The molecule has 39 heavy (non-hydrogen) atoms. The van der Waals surface area contributed by atoms with Crippen LogP contribution in [0.15, 0.2) is 53.4 Å². The Hall–Kier alpha value is -2.78. The number of hydrogen-bond donors (Lipinski definition) is 2. The van der Waals surface area contributed by atoms with E-state index in [1.807, 2.05) is 51.1 Å². The molecule has 1 saturated heterocycles. The van der Waals surface area contributed by atoms with Gasteiger partial charge in [-0.1, -0.05) is 70.4 Å². The largest absolute Gasteiger partial charge is 0.480 e. The average molecular weight is 559 g/mol. The molecule has 212 valence electrons. The number of carboxylic acids is 1. The number of carboxylic acid groups (broad SMARTS) is 1. The van der Waals surface area contributed by atoms with E-state index < -0.39 is 51.1 Å². The van der Waals surface area contributed by atoms with Crippen LogP contribution in [0.1, 0.15) is 70.0 Å². The van der Waals surface area contributed by atoms with Crippen LogP contribution in [0.25, 0.3) is 0 Å². The molecule has 1 saturated carbocycles. The van der Waals surface area contributed by atoms with Gasteiger partial charge in [0.15, 0.2) is 9.84 Å². The third-order valence-corrected chi connectivity index (χ3v) is 9.42. The Balaban J connectivity index is 1.83. The first-order valence-electron chi connectivity index (χ1n) is 13.6. The van der Waals surface area contributed by atoms with Crippen LogP contribution in [0.3, 0.4) is 0 Å². The van der Waals surface area contributed by atoms with Gasteiger partial charge in [0, 0.05) is 30.7 Å². The third kappa shape index (κ3) is 6.19. The third-order valence-electron chi connectivity index (χ3n) is 8.22. The highest BCUT2D eigenvalue weighted by Gasteiger charge is 2.58. The molecule has 9 heteroatoms. The number of aliphatic carboxylic acids is 1. The Morgan fingerprint density at radius 2 is 1.69 bits per heavy atom. The van der Waals surface area contributed by atoms with Crippen LogP contribution < -0.4 is 5.32 Å². The predicted octanol–water partition coefficient (Wildman–Crippen LogP) is 4.97. The minimum Gasteiger partial charge on any atom is -0.480 e. The summed E-state index contributed by atoms with van der Waals surface area (Å²) in [6, 6.07) is 10.8. The van der Waals surface area contributed by atoms with Crippen molar-refractivity contribution in [3.05, 3.63) is 65.5 Å². The summed E-state index contributed by atoms with van der Waals surface area (Å²) < 4.78 is 39.1. The van der Waals surface area contributed by atoms with Crippen molar-refractivity contribution in [1.82, 2.24) is 10.2 Å². The highest BCUT2D eigenvalue weighted by Crippen LogP contribution is 2.49. The fraction of sp³-hybridized carbons (Fsp3) is 0.533. The number of halogens is 1. The summed E-state index contributed by atoms with van der Waals surface area (Å²) in [5.74, 6) is -2.51. The van der Waals surface area contributed by atoms with Crippen LogP contribution in [0, 0.1) is 23.1 Å². The number of hydrogen-bond acceptors (Lipinski definition) is 5. The monoisotopic (exact) mass is 558 g/mol. The Bertz CT molecular complexity index is 1300. The maximum absolute atomic E-state index is 14.2. The summed E-state index contributed by atoms with van der Waals surface area (Å²) in [5, 5.41) is 14.0. The van der Waals surface area contributed by atoms with E-state index >= 15 is 0 Å². The number of amides is 1. The maximum atomic E-state index is 14.2. The van der Waals surface area contributed by atoms with E-state index in [4.69, 9.17) is 0 Å². The van der Waals surface area contributed by atoms with E-state index in [-0.39, 0.29) is 28.8 Å². The van der Waals surface area contributed by atoms with Gasteiger partial charge in [-0.25, -0.2) is 17.6 Å². The summed E-state index contributed by atoms with van der Waals surface area (Å²) in [5.41, 5.74) is 0.539. The van der Waals surface area contributed by atoms with E-state index in [2.05, 4.69) is 5.32 Å². The van der Waals surface area contributed by atoms with Crippen LogP contribution in [0.5, 0.6) is 0 Å². The molecule has 0 spiro atoms. The second kappa shape index (κ2) is 11.4.